The summed E-state index contributed by atoms with van der Waals surface area (Å²) >= 11 is 1.53. The molecular weight excluding hydrogens is 210 g/mol. The van der Waals surface area contributed by atoms with Crippen molar-refractivity contribution < 1.29 is 4.79 Å². The largest absolute Gasteiger partial charge is 0.338 e. The first-order valence-corrected chi connectivity index (χ1v) is 5.80. The van der Waals surface area contributed by atoms with Gasteiger partial charge in [0.15, 0.2) is 0 Å². The van der Waals surface area contributed by atoms with Gasteiger partial charge in [-0.25, -0.2) is 9.78 Å². The highest BCUT2D eigenvalue weighted by Crippen LogP contribution is 2.09. The molecule has 1 aromatic rings. The molecule has 0 bridgehead atoms. The average molecular weight is 227 g/mol. The van der Waals surface area contributed by atoms with E-state index in [9.17, 15) is 4.79 Å². The second-order valence-electron chi connectivity index (χ2n) is 4.58. The summed E-state index contributed by atoms with van der Waals surface area (Å²) in [5.41, 5.74) is 2.76. The molecule has 0 aliphatic rings. The Morgan fingerprint density at radius 2 is 2.20 bits per heavy atom. The van der Waals surface area contributed by atoms with E-state index < -0.39 is 0 Å². The number of nitrogens with zero attached hydrogens (tertiary/aromatic N) is 1. The van der Waals surface area contributed by atoms with Crippen molar-refractivity contribution in [2.24, 2.45) is 5.41 Å². The molecule has 1 rings (SSSR count). The van der Waals surface area contributed by atoms with E-state index in [1.54, 1.807) is 5.51 Å². The first kappa shape index (κ1) is 12.0. The molecule has 0 fully saturated rings. The van der Waals surface area contributed by atoms with Gasteiger partial charge in [0.05, 0.1) is 17.7 Å². The number of thiazole rings is 1. The molecule has 1 aromatic heterocycles. The van der Waals surface area contributed by atoms with Crippen molar-refractivity contribution >= 4 is 17.4 Å². The number of hydrogen-bond acceptors (Lipinski definition) is 3. The number of aromatic nitrogens is 1. The number of rotatable bonds is 3. The minimum absolute atomic E-state index is 0.109. The van der Waals surface area contributed by atoms with E-state index in [1.165, 1.54) is 11.3 Å². The molecule has 0 atom stereocenters. The molecule has 0 saturated heterocycles. The Hall–Kier alpha value is -1.10. The molecule has 0 aliphatic carbocycles. The van der Waals surface area contributed by atoms with Crippen LogP contribution in [-0.2, 0) is 6.54 Å². The predicted octanol–water partition coefficient (Wildman–Crippen LogP) is 1.99. The molecule has 1 heterocycles. The van der Waals surface area contributed by atoms with Crippen LogP contribution in [0.2, 0.25) is 0 Å². The number of carbonyl (C=O) groups is 1. The standard InChI is InChI=1S/C10H17N3OS/c1-10(2,3)6-12-9(14)11-4-8-5-15-7-13-8/h5,7H,4,6H2,1-3H3,(H2,11,12,14). The van der Waals surface area contributed by atoms with Gasteiger partial charge in [-0.3, -0.25) is 0 Å². The van der Waals surface area contributed by atoms with Crippen molar-refractivity contribution in [3.8, 4) is 0 Å². The first-order chi connectivity index (χ1) is 6.97. The smallest absolute Gasteiger partial charge is 0.315 e. The molecule has 0 aromatic carbocycles. The van der Waals surface area contributed by atoms with Crippen molar-refractivity contribution in [2.75, 3.05) is 6.54 Å². The maximum atomic E-state index is 11.3. The van der Waals surface area contributed by atoms with Gasteiger partial charge < -0.3 is 10.6 Å². The van der Waals surface area contributed by atoms with E-state index in [-0.39, 0.29) is 11.4 Å². The van der Waals surface area contributed by atoms with Gasteiger partial charge in [0.25, 0.3) is 0 Å². The maximum absolute atomic E-state index is 11.3. The van der Waals surface area contributed by atoms with E-state index in [0.717, 1.165) is 5.69 Å². The molecule has 0 unspecified atom stereocenters. The third-order valence-electron chi connectivity index (χ3n) is 1.69. The van der Waals surface area contributed by atoms with Gasteiger partial charge in [-0.2, -0.15) is 0 Å². The quantitative estimate of drug-likeness (QED) is 0.829. The number of nitrogens with one attached hydrogen (secondary N) is 2. The number of urea groups is 1. The Bertz CT molecular complexity index is 303. The summed E-state index contributed by atoms with van der Waals surface area (Å²) in [6.45, 7) is 7.38. The third-order valence-corrected chi connectivity index (χ3v) is 2.33. The van der Waals surface area contributed by atoms with E-state index >= 15 is 0 Å². The van der Waals surface area contributed by atoms with Crippen LogP contribution in [0.3, 0.4) is 0 Å². The van der Waals surface area contributed by atoms with Gasteiger partial charge >= 0.3 is 6.03 Å². The predicted molar refractivity (Wildman–Crippen MR) is 61.8 cm³/mol. The number of amides is 2. The summed E-state index contributed by atoms with van der Waals surface area (Å²) in [7, 11) is 0. The Balaban J connectivity index is 2.20. The van der Waals surface area contributed by atoms with Crippen LogP contribution >= 0.6 is 11.3 Å². The summed E-state index contributed by atoms with van der Waals surface area (Å²) in [6, 6.07) is -0.141. The van der Waals surface area contributed by atoms with Crippen molar-refractivity contribution in [3.05, 3.63) is 16.6 Å². The Morgan fingerprint density at radius 3 is 2.73 bits per heavy atom. The number of hydrogen-bond donors (Lipinski definition) is 2. The minimum Gasteiger partial charge on any atom is -0.338 e. The van der Waals surface area contributed by atoms with Crippen molar-refractivity contribution in [1.82, 2.24) is 15.6 Å². The zero-order chi connectivity index (χ0) is 11.3. The Kier molecular flexibility index (Phi) is 4.08. The zero-order valence-corrected chi connectivity index (χ0v) is 10.1. The lowest BCUT2D eigenvalue weighted by atomic mass is 9.97. The summed E-state index contributed by atoms with van der Waals surface area (Å²) < 4.78 is 0. The highest BCUT2D eigenvalue weighted by molar-refractivity contribution is 7.07. The SMILES string of the molecule is CC(C)(C)CNC(=O)NCc1cscn1. The molecule has 0 radical (unpaired) electrons. The molecule has 4 nitrogen and oxygen atoms in total. The summed E-state index contributed by atoms with van der Waals surface area (Å²) in [4.78, 5) is 15.4. The van der Waals surface area contributed by atoms with Gasteiger partial charge in [-0.15, -0.1) is 11.3 Å². The van der Waals surface area contributed by atoms with E-state index in [4.69, 9.17) is 0 Å². The lowest BCUT2D eigenvalue weighted by molar-refractivity contribution is 0.235. The lowest BCUT2D eigenvalue weighted by Gasteiger charge is -2.18. The van der Waals surface area contributed by atoms with Gasteiger partial charge in [0.2, 0.25) is 0 Å². The maximum Gasteiger partial charge on any atom is 0.315 e. The van der Waals surface area contributed by atoms with Crippen LogP contribution < -0.4 is 10.6 Å². The van der Waals surface area contributed by atoms with Crippen LogP contribution in [0.15, 0.2) is 10.9 Å². The molecular formula is C10H17N3OS. The third kappa shape index (κ3) is 5.37. The molecule has 0 spiro atoms. The second kappa shape index (κ2) is 5.11. The summed E-state index contributed by atoms with van der Waals surface area (Å²) in [5.74, 6) is 0. The van der Waals surface area contributed by atoms with Gasteiger partial charge in [-0.05, 0) is 5.41 Å². The normalized spacial score (nSPS) is 11.1. The monoisotopic (exact) mass is 227 g/mol. The van der Waals surface area contributed by atoms with Crippen LogP contribution in [0, 0.1) is 5.41 Å². The van der Waals surface area contributed by atoms with E-state index in [1.807, 2.05) is 5.38 Å². The summed E-state index contributed by atoms with van der Waals surface area (Å²) in [6.07, 6.45) is 0. The zero-order valence-electron chi connectivity index (χ0n) is 9.33. The molecule has 84 valence electrons. The Labute approximate surface area is 94.1 Å². The fourth-order valence-corrected chi connectivity index (χ4v) is 1.46. The Morgan fingerprint density at radius 1 is 1.47 bits per heavy atom. The van der Waals surface area contributed by atoms with Crippen LogP contribution in [0.25, 0.3) is 0 Å². The average Bonchev–Trinajstić information content (AvgIpc) is 2.62. The molecule has 2 N–H and O–H groups in total. The van der Waals surface area contributed by atoms with Gasteiger partial charge in [-0.1, -0.05) is 20.8 Å². The minimum atomic E-state index is -0.141. The van der Waals surface area contributed by atoms with Gasteiger partial charge in [0.1, 0.15) is 0 Å². The van der Waals surface area contributed by atoms with Gasteiger partial charge in [0, 0.05) is 11.9 Å². The first-order valence-electron chi connectivity index (χ1n) is 4.86. The molecule has 15 heavy (non-hydrogen) atoms. The van der Waals surface area contributed by atoms with Crippen LogP contribution in [0.5, 0.6) is 0 Å². The van der Waals surface area contributed by atoms with Crippen molar-refractivity contribution in [2.45, 2.75) is 27.3 Å². The fourth-order valence-electron chi connectivity index (χ4n) is 0.904. The number of carbonyl (C=O) groups excluding carboxylic acids is 1. The van der Waals surface area contributed by atoms with Crippen LogP contribution in [0.4, 0.5) is 4.79 Å². The molecule has 5 heteroatoms. The summed E-state index contributed by atoms with van der Waals surface area (Å²) in [5, 5.41) is 7.48. The highest BCUT2D eigenvalue weighted by atomic mass is 32.1. The topological polar surface area (TPSA) is 54.0 Å². The molecule has 0 aliphatic heterocycles. The van der Waals surface area contributed by atoms with Crippen molar-refractivity contribution in [3.63, 3.8) is 0 Å². The fraction of sp³-hybridized carbons (Fsp3) is 0.600. The second-order valence-corrected chi connectivity index (χ2v) is 5.30. The van der Waals surface area contributed by atoms with Crippen molar-refractivity contribution in [1.29, 1.82) is 0 Å². The van der Waals surface area contributed by atoms with Crippen LogP contribution in [-0.4, -0.2) is 17.6 Å². The molecule has 2 amide bonds. The highest BCUT2D eigenvalue weighted by Gasteiger charge is 2.11. The molecule has 0 saturated carbocycles. The van der Waals surface area contributed by atoms with E-state index in [2.05, 4.69) is 36.4 Å². The van der Waals surface area contributed by atoms with E-state index in [0.29, 0.717) is 13.1 Å². The van der Waals surface area contributed by atoms with Crippen LogP contribution in [0.1, 0.15) is 26.5 Å². The lowest BCUT2D eigenvalue weighted by Crippen LogP contribution is -2.39.